The summed E-state index contributed by atoms with van der Waals surface area (Å²) < 4.78 is 5.58. The van der Waals surface area contributed by atoms with Crippen LogP contribution in [0.1, 0.15) is 18.4 Å². The number of hydrogen-bond acceptors (Lipinski definition) is 3. The number of benzene rings is 2. The van der Waals surface area contributed by atoms with E-state index in [1.807, 2.05) is 31.2 Å². The van der Waals surface area contributed by atoms with Gasteiger partial charge < -0.3 is 10.1 Å². The third-order valence-corrected chi connectivity index (χ3v) is 3.99. The maximum Gasteiger partial charge on any atom is 0.224 e. The van der Waals surface area contributed by atoms with Gasteiger partial charge in [0.1, 0.15) is 5.75 Å². The van der Waals surface area contributed by atoms with Crippen LogP contribution in [0, 0.1) is 6.92 Å². The Bertz CT molecular complexity index is 843. The first-order valence-corrected chi connectivity index (χ1v) is 8.12. The summed E-state index contributed by atoms with van der Waals surface area (Å²) in [5, 5.41) is 11.6. The van der Waals surface area contributed by atoms with Gasteiger partial charge in [-0.1, -0.05) is 17.7 Å². The molecule has 2 aromatic carbocycles. The normalized spacial score (nSPS) is 10.8. The number of halogens is 1. The molecule has 0 saturated heterocycles. The summed E-state index contributed by atoms with van der Waals surface area (Å²) in [5.41, 5.74) is 2.71. The van der Waals surface area contributed by atoms with E-state index >= 15 is 0 Å². The van der Waals surface area contributed by atoms with Gasteiger partial charge in [0.15, 0.2) is 0 Å². The highest BCUT2D eigenvalue weighted by molar-refractivity contribution is 6.30. The number of anilines is 1. The van der Waals surface area contributed by atoms with Crippen molar-refractivity contribution in [3.05, 3.63) is 53.2 Å². The Morgan fingerprint density at radius 1 is 1.25 bits per heavy atom. The Balaban J connectivity index is 1.49. The highest BCUT2D eigenvalue weighted by Gasteiger charge is 2.09. The van der Waals surface area contributed by atoms with E-state index in [1.54, 1.807) is 18.3 Å². The monoisotopic (exact) mass is 343 g/mol. The molecule has 0 unspecified atom stereocenters. The van der Waals surface area contributed by atoms with Crippen molar-refractivity contribution in [1.29, 1.82) is 0 Å². The predicted molar refractivity (Wildman–Crippen MR) is 95.6 cm³/mol. The summed E-state index contributed by atoms with van der Waals surface area (Å²) in [6, 6.07) is 11.0. The van der Waals surface area contributed by atoms with E-state index in [0.29, 0.717) is 24.5 Å². The number of aryl methyl sites for hydroxylation is 1. The summed E-state index contributed by atoms with van der Waals surface area (Å²) in [6.45, 7) is 2.49. The number of ether oxygens (including phenoxy) is 1. The van der Waals surface area contributed by atoms with Crippen molar-refractivity contribution in [2.45, 2.75) is 19.8 Å². The topological polar surface area (TPSA) is 67.0 Å². The molecule has 2 N–H and O–H groups in total. The number of aromatic amines is 1. The second-order valence-electron chi connectivity index (χ2n) is 5.54. The predicted octanol–water partition coefficient (Wildman–Crippen LogP) is 4.32. The number of hydrogen-bond donors (Lipinski definition) is 2. The Hall–Kier alpha value is -2.53. The summed E-state index contributed by atoms with van der Waals surface area (Å²) in [7, 11) is 0. The molecule has 0 atom stereocenters. The van der Waals surface area contributed by atoms with Gasteiger partial charge in [0.25, 0.3) is 0 Å². The second kappa shape index (κ2) is 7.36. The van der Waals surface area contributed by atoms with Gasteiger partial charge in [-0.05, 0) is 49.2 Å². The maximum absolute atomic E-state index is 12.1. The Morgan fingerprint density at radius 3 is 2.83 bits per heavy atom. The number of nitrogens with zero attached hydrogens (tertiary/aromatic N) is 1. The summed E-state index contributed by atoms with van der Waals surface area (Å²) >= 11 is 5.82. The number of carbonyl (C=O) groups excluding carboxylic acids is 1. The summed E-state index contributed by atoms with van der Waals surface area (Å²) in [4.78, 5) is 12.1. The van der Waals surface area contributed by atoms with Crippen molar-refractivity contribution >= 4 is 34.1 Å². The van der Waals surface area contributed by atoms with E-state index in [0.717, 1.165) is 27.9 Å². The third kappa shape index (κ3) is 3.86. The van der Waals surface area contributed by atoms with Gasteiger partial charge in [-0.3, -0.25) is 9.89 Å². The fraction of sp³-hybridized carbons (Fsp3) is 0.222. The molecule has 1 aromatic heterocycles. The second-order valence-corrected chi connectivity index (χ2v) is 5.98. The van der Waals surface area contributed by atoms with E-state index in [2.05, 4.69) is 15.5 Å². The summed E-state index contributed by atoms with van der Waals surface area (Å²) in [6.07, 6.45) is 2.78. The molecule has 1 amide bonds. The molecule has 0 saturated carbocycles. The van der Waals surface area contributed by atoms with Crippen LogP contribution in [0.2, 0.25) is 5.02 Å². The Morgan fingerprint density at radius 2 is 2.04 bits per heavy atom. The minimum absolute atomic E-state index is 0.0468. The van der Waals surface area contributed by atoms with Gasteiger partial charge in [0.2, 0.25) is 5.91 Å². The van der Waals surface area contributed by atoms with Gasteiger partial charge >= 0.3 is 0 Å². The zero-order valence-corrected chi connectivity index (χ0v) is 14.1. The first-order chi connectivity index (χ1) is 11.6. The van der Waals surface area contributed by atoms with Crippen LogP contribution in [0.3, 0.4) is 0 Å². The molecule has 1 heterocycles. The van der Waals surface area contributed by atoms with Crippen LogP contribution in [0.25, 0.3) is 10.9 Å². The molecule has 5 nitrogen and oxygen atoms in total. The zero-order valence-electron chi connectivity index (χ0n) is 13.3. The standard InChI is InChI=1S/C18H18ClN3O2/c1-12-4-9-16(18-15(12)11-20-22-18)21-17(23)3-2-10-24-14-7-5-13(19)6-8-14/h4-9,11H,2-3,10H2,1H3,(H,20,22)(H,21,23). The molecule has 0 aliphatic carbocycles. The molecule has 3 aromatic rings. The lowest BCUT2D eigenvalue weighted by atomic mass is 10.1. The van der Waals surface area contributed by atoms with Crippen LogP contribution >= 0.6 is 11.6 Å². The molecule has 0 spiro atoms. The van der Waals surface area contributed by atoms with Crippen molar-refractivity contribution in [1.82, 2.24) is 10.2 Å². The lowest BCUT2D eigenvalue weighted by Gasteiger charge is -2.08. The minimum Gasteiger partial charge on any atom is -0.494 e. The van der Waals surface area contributed by atoms with Crippen molar-refractivity contribution < 1.29 is 9.53 Å². The lowest BCUT2D eigenvalue weighted by Crippen LogP contribution is -2.13. The van der Waals surface area contributed by atoms with Crippen molar-refractivity contribution in [3.8, 4) is 5.75 Å². The molecule has 6 heteroatoms. The van der Waals surface area contributed by atoms with E-state index in [9.17, 15) is 4.79 Å². The number of amides is 1. The maximum atomic E-state index is 12.1. The molecule has 0 radical (unpaired) electrons. The highest BCUT2D eigenvalue weighted by atomic mass is 35.5. The van der Waals surface area contributed by atoms with E-state index in [-0.39, 0.29) is 5.91 Å². The van der Waals surface area contributed by atoms with Gasteiger partial charge in [-0.15, -0.1) is 0 Å². The Labute approximate surface area is 145 Å². The van der Waals surface area contributed by atoms with E-state index < -0.39 is 0 Å². The van der Waals surface area contributed by atoms with E-state index in [4.69, 9.17) is 16.3 Å². The Kier molecular flexibility index (Phi) is 5.01. The molecule has 0 aliphatic rings. The molecule has 124 valence electrons. The number of H-pyrrole nitrogens is 1. The lowest BCUT2D eigenvalue weighted by molar-refractivity contribution is -0.116. The average Bonchev–Trinajstić information content (AvgIpc) is 3.07. The van der Waals surface area contributed by atoms with Crippen LogP contribution in [-0.2, 0) is 4.79 Å². The van der Waals surface area contributed by atoms with Crippen LogP contribution in [0.5, 0.6) is 5.75 Å². The van der Waals surface area contributed by atoms with Gasteiger partial charge in [-0.2, -0.15) is 5.10 Å². The van der Waals surface area contributed by atoms with Crippen LogP contribution in [0.4, 0.5) is 5.69 Å². The van der Waals surface area contributed by atoms with Gasteiger partial charge in [0, 0.05) is 16.8 Å². The molecule has 3 rings (SSSR count). The fourth-order valence-electron chi connectivity index (χ4n) is 2.44. The third-order valence-electron chi connectivity index (χ3n) is 3.74. The zero-order chi connectivity index (χ0) is 16.9. The number of nitrogens with one attached hydrogen (secondary N) is 2. The molecular formula is C18H18ClN3O2. The first kappa shape index (κ1) is 16.3. The van der Waals surface area contributed by atoms with Crippen LogP contribution in [0.15, 0.2) is 42.6 Å². The molecule has 0 fully saturated rings. The summed E-state index contributed by atoms with van der Waals surface area (Å²) in [5.74, 6) is 0.701. The van der Waals surface area contributed by atoms with Crippen LogP contribution in [-0.4, -0.2) is 22.7 Å². The van der Waals surface area contributed by atoms with Crippen molar-refractivity contribution in [2.75, 3.05) is 11.9 Å². The largest absolute Gasteiger partial charge is 0.494 e. The van der Waals surface area contributed by atoms with Crippen LogP contribution < -0.4 is 10.1 Å². The SMILES string of the molecule is Cc1ccc(NC(=O)CCCOc2ccc(Cl)cc2)c2[nH]ncc12. The molecule has 24 heavy (non-hydrogen) atoms. The average molecular weight is 344 g/mol. The van der Waals surface area contributed by atoms with Gasteiger partial charge in [0.05, 0.1) is 24.0 Å². The van der Waals surface area contributed by atoms with Crippen molar-refractivity contribution in [2.24, 2.45) is 0 Å². The number of rotatable bonds is 6. The number of carbonyl (C=O) groups is 1. The smallest absolute Gasteiger partial charge is 0.224 e. The van der Waals surface area contributed by atoms with Crippen molar-refractivity contribution in [3.63, 3.8) is 0 Å². The highest BCUT2D eigenvalue weighted by Crippen LogP contribution is 2.24. The fourth-order valence-corrected chi connectivity index (χ4v) is 2.57. The minimum atomic E-state index is -0.0468. The number of aromatic nitrogens is 2. The molecular weight excluding hydrogens is 326 g/mol. The molecule has 0 bridgehead atoms. The molecule has 0 aliphatic heterocycles. The first-order valence-electron chi connectivity index (χ1n) is 7.74. The number of fused-ring (bicyclic) bond motifs is 1. The van der Waals surface area contributed by atoms with E-state index in [1.165, 1.54) is 0 Å². The van der Waals surface area contributed by atoms with Gasteiger partial charge in [-0.25, -0.2) is 0 Å². The quantitative estimate of drug-likeness (QED) is 0.655.